The van der Waals surface area contributed by atoms with Gasteiger partial charge in [0.1, 0.15) is 5.75 Å². The first kappa shape index (κ1) is 26.1. The van der Waals surface area contributed by atoms with Crippen LogP contribution in [0.3, 0.4) is 0 Å². The summed E-state index contributed by atoms with van der Waals surface area (Å²) < 4.78 is 59.2. The van der Waals surface area contributed by atoms with Gasteiger partial charge in [0, 0.05) is 37.9 Å². The number of nitrogens with zero attached hydrogens (tertiary/aromatic N) is 2. The summed E-state index contributed by atoms with van der Waals surface area (Å²) in [5.41, 5.74) is 0.437. The number of amides is 1. The number of benzene rings is 2. The summed E-state index contributed by atoms with van der Waals surface area (Å²) in [6.45, 7) is 5.41. The van der Waals surface area contributed by atoms with Crippen molar-refractivity contribution in [1.29, 1.82) is 0 Å². The van der Waals surface area contributed by atoms with Gasteiger partial charge in [0.15, 0.2) is 6.61 Å². The van der Waals surface area contributed by atoms with Crippen LogP contribution in [0.5, 0.6) is 5.75 Å². The number of hydrogen-bond donors (Lipinski definition) is 2. The fourth-order valence-corrected chi connectivity index (χ4v) is 6.00. The van der Waals surface area contributed by atoms with E-state index in [2.05, 4.69) is 14.9 Å². The molecule has 1 aliphatic rings. The molecule has 2 aromatic rings. The van der Waals surface area contributed by atoms with Crippen LogP contribution in [0.4, 0.5) is 5.69 Å². The molecule has 12 heteroatoms. The summed E-state index contributed by atoms with van der Waals surface area (Å²) in [6, 6.07) is 11.5. The predicted octanol–water partition coefficient (Wildman–Crippen LogP) is 1.33. The summed E-state index contributed by atoms with van der Waals surface area (Å²) in [5.74, 6) is -0.0971. The average molecular weight is 511 g/mol. The Labute approximate surface area is 201 Å². The van der Waals surface area contributed by atoms with Crippen LogP contribution in [0.15, 0.2) is 58.3 Å². The molecular formula is C22H30N4O6S2. The standard InChI is InChI=1S/C22H30N4O6S2/c1-17(2)24-33(28,29)20-10-6-19(7-11-20)32-16-22(27)23-18-4-8-21(9-5-18)34(30,31)26-14-12-25(3)13-15-26/h4-11,17,24H,12-16H2,1-3H3,(H,23,27). The summed E-state index contributed by atoms with van der Waals surface area (Å²) >= 11 is 0. The van der Waals surface area contributed by atoms with Gasteiger partial charge in [-0.15, -0.1) is 0 Å². The number of anilines is 1. The summed E-state index contributed by atoms with van der Waals surface area (Å²) in [6.07, 6.45) is 0. The van der Waals surface area contributed by atoms with Crippen molar-refractivity contribution in [2.75, 3.05) is 45.2 Å². The minimum Gasteiger partial charge on any atom is -0.484 e. The number of piperazine rings is 1. The Balaban J connectivity index is 1.53. The monoisotopic (exact) mass is 510 g/mol. The molecule has 1 heterocycles. The van der Waals surface area contributed by atoms with Crippen molar-refractivity contribution in [3.05, 3.63) is 48.5 Å². The second-order valence-corrected chi connectivity index (χ2v) is 12.0. The molecule has 3 rings (SSSR count). The van der Waals surface area contributed by atoms with Crippen molar-refractivity contribution in [3.63, 3.8) is 0 Å². The molecule has 1 saturated heterocycles. The van der Waals surface area contributed by atoms with E-state index in [1.54, 1.807) is 13.8 Å². The SMILES string of the molecule is CC(C)NS(=O)(=O)c1ccc(OCC(=O)Nc2ccc(S(=O)(=O)N3CCN(C)CC3)cc2)cc1. The molecule has 186 valence electrons. The second kappa shape index (κ2) is 10.8. The molecule has 0 unspecified atom stereocenters. The zero-order valence-corrected chi connectivity index (χ0v) is 21.0. The topological polar surface area (TPSA) is 125 Å². The summed E-state index contributed by atoms with van der Waals surface area (Å²) in [7, 11) is -5.23. The number of rotatable bonds is 9. The number of hydrogen-bond acceptors (Lipinski definition) is 7. The third-order valence-electron chi connectivity index (χ3n) is 5.13. The van der Waals surface area contributed by atoms with Gasteiger partial charge in [-0.05, 0) is 69.4 Å². The lowest BCUT2D eigenvalue weighted by Crippen LogP contribution is -2.46. The van der Waals surface area contributed by atoms with Crippen molar-refractivity contribution >= 4 is 31.6 Å². The molecule has 1 fully saturated rings. The van der Waals surface area contributed by atoms with E-state index >= 15 is 0 Å². The van der Waals surface area contributed by atoms with Crippen LogP contribution in [-0.2, 0) is 24.8 Å². The Morgan fingerprint density at radius 1 is 0.912 bits per heavy atom. The number of carbonyl (C=O) groups is 1. The van der Waals surface area contributed by atoms with Crippen LogP contribution in [-0.4, -0.2) is 77.8 Å². The van der Waals surface area contributed by atoms with Crippen molar-refractivity contribution in [1.82, 2.24) is 13.9 Å². The predicted molar refractivity (Wildman–Crippen MR) is 129 cm³/mol. The fourth-order valence-electron chi connectivity index (χ4n) is 3.33. The highest BCUT2D eigenvalue weighted by atomic mass is 32.2. The van der Waals surface area contributed by atoms with Gasteiger partial charge in [0.2, 0.25) is 20.0 Å². The van der Waals surface area contributed by atoms with Crippen LogP contribution < -0.4 is 14.8 Å². The number of nitrogens with one attached hydrogen (secondary N) is 2. The molecule has 0 radical (unpaired) electrons. The van der Waals surface area contributed by atoms with Gasteiger partial charge in [0.05, 0.1) is 9.79 Å². The third kappa shape index (κ3) is 6.76. The highest BCUT2D eigenvalue weighted by Gasteiger charge is 2.27. The largest absolute Gasteiger partial charge is 0.484 e. The van der Waals surface area contributed by atoms with E-state index in [4.69, 9.17) is 4.74 Å². The van der Waals surface area contributed by atoms with E-state index in [1.165, 1.54) is 52.8 Å². The average Bonchev–Trinajstić information content (AvgIpc) is 2.78. The van der Waals surface area contributed by atoms with Crippen LogP contribution in [0.25, 0.3) is 0 Å². The van der Waals surface area contributed by atoms with E-state index in [1.807, 2.05) is 7.05 Å². The van der Waals surface area contributed by atoms with Crippen molar-refractivity contribution in [2.45, 2.75) is 29.7 Å². The molecule has 2 N–H and O–H groups in total. The van der Waals surface area contributed by atoms with Gasteiger partial charge in [-0.1, -0.05) is 0 Å². The lowest BCUT2D eigenvalue weighted by Gasteiger charge is -2.31. The molecule has 0 aromatic heterocycles. The Morgan fingerprint density at radius 2 is 1.47 bits per heavy atom. The maximum absolute atomic E-state index is 12.8. The van der Waals surface area contributed by atoms with Crippen molar-refractivity contribution in [2.24, 2.45) is 0 Å². The Kier molecular flexibility index (Phi) is 8.31. The highest BCUT2D eigenvalue weighted by molar-refractivity contribution is 7.89. The molecule has 0 atom stereocenters. The molecule has 0 spiro atoms. The first-order valence-corrected chi connectivity index (χ1v) is 13.7. The minimum absolute atomic E-state index is 0.101. The van der Waals surface area contributed by atoms with Gasteiger partial charge in [-0.25, -0.2) is 21.6 Å². The Bertz CT molecular complexity index is 1190. The number of ether oxygens (including phenoxy) is 1. The maximum Gasteiger partial charge on any atom is 0.262 e. The Hall–Kier alpha value is -2.51. The molecule has 10 nitrogen and oxygen atoms in total. The molecule has 0 bridgehead atoms. The van der Waals surface area contributed by atoms with E-state index in [0.29, 0.717) is 37.6 Å². The van der Waals surface area contributed by atoms with Gasteiger partial charge < -0.3 is 15.0 Å². The van der Waals surface area contributed by atoms with Gasteiger partial charge >= 0.3 is 0 Å². The fraction of sp³-hybridized carbons (Fsp3) is 0.409. The zero-order chi connectivity index (χ0) is 24.9. The van der Waals surface area contributed by atoms with Crippen LogP contribution in [0, 0.1) is 0 Å². The minimum atomic E-state index is -3.60. The lowest BCUT2D eigenvalue weighted by atomic mass is 10.3. The van der Waals surface area contributed by atoms with Crippen LogP contribution in [0.2, 0.25) is 0 Å². The normalized spacial score (nSPS) is 15.9. The van der Waals surface area contributed by atoms with Crippen molar-refractivity contribution < 1.29 is 26.4 Å². The van der Waals surface area contributed by atoms with E-state index in [0.717, 1.165) is 0 Å². The molecule has 2 aromatic carbocycles. The Morgan fingerprint density at radius 3 is 2.03 bits per heavy atom. The second-order valence-electron chi connectivity index (χ2n) is 8.32. The number of sulfonamides is 2. The molecule has 0 saturated carbocycles. The van der Waals surface area contributed by atoms with Crippen LogP contribution in [0.1, 0.15) is 13.8 Å². The molecule has 0 aliphatic carbocycles. The quantitative estimate of drug-likeness (QED) is 0.521. The molecule has 1 amide bonds. The third-order valence-corrected chi connectivity index (χ3v) is 8.72. The lowest BCUT2D eigenvalue weighted by molar-refractivity contribution is -0.118. The van der Waals surface area contributed by atoms with Gasteiger partial charge in [-0.3, -0.25) is 4.79 Å². The first-order valence-electron chi connectivity index (χ1n) is 10.8. The maximum atomic E-state index is 12.8. The van der Waals surface area contributed by atoms with Gasteiger partial charge in [-0.2, -0.15) is 4.31 Å². The zero-order valence-electron chi connectivity index (χ0n) is 19.4. The molecule has 1 aliphatic heterocycles. The first-order chi connectivity index (χ1) is 16.0. The van der Waals surface area contributed by atoms with E-state index in [9.17, 15) is 21.6 Å². The van der Waals surface area contributed by atoms with Gasteiger partial charge in [0.25, 0.3) is 5.91 Å². The van der Waals surface area contributed by atoms with Crippen molar-refractivity contribution in [3.8, 4) is 5.75 Å². The number of likely N-dealkylation sites (N-methyl/N-ethyl adjacent to an activating group) is 1. The smallest absolute Gasteiger partial charge is 0.262 e. The van der Waals surface area contributed by atoms with E-state index < -0.39 is 26.0 Å². The highest BCUT2D eigenvalue weighted by Crippen LogP contribution is 2.20. The summed E-state index contributed by atoms with van der Waals surface area (Å²) in [5, 5.41) is 2.65. The van der Waals surface area contributed by atoms with Crippen LogP contribution >= 0.6 is 0 Å². The number of carbonyl (C=O) groups excluding carboxylic acids is 1. The molecule has 34 heavy (non-hydrogen) atoms. The van der Waals surface area contributed by atoms with E-state index in [-0.39, 0.29) is 22.4 Å². The summed E-state index contributed by atoms with van der Waals surface area (Å²) in [4.78, 5) is 14.6. The molecular weight excluding hydrogens is 480 g/mol.